The Morgan fingerprint density at radius 3 is 2.92 bits per heavy atom. The maximum Gasteiger partial charge on any atom is 0.306 e. The molecule has 0 radical (unpaired) electrons. The van der Waals surface area contributed by atoms with Gasteiger partial charge in [0.2, 0.25) is 0 Å². The van der Waals surface area contributed by atoms with Crippen molar-refractivity contribution in [2.75, 3.05) is 0 Å². The minimum absolute atomic E-state index is 0.365. The van der Waals surface area contributed by atoms with Gasteiger partial charge >= 0.3 is 5.97 Å². The SMILES string of the molecule is CC(Cc1cncc(Br)c1)C(=O)O. The smallest absolute Gasteiger partial charge is 0.306 e. The molecule has 1 N–H and O–H groups in total. The van der Waals surface area contributed by atoms with E-state index in [1.807, 2.05) is 6.07 Å². The average molecular weight is 244 g/mol. The second-order valence-corrected chi connectivity index (χ2v) is 3.87. The van der Waals surface area contributed by atoms with Crippen molar-refractivity contribution in [1.29, 1.82) is 0 Å². The summed E-state index contributed by atoms with van der Waals surface area (Å²) in [6.45, 7) is 1.68. The number of carboxylic acid groups (broad SMARTS) is 1. The largest absolute Gasteiger partial charge is 0.481 e. The molecule has 3 nitrogen and oxygen atoms in total. The van der Waals surface area contributed by atoms with Crippen molar-refractivity contribution >= 4 is 21.9 Å². The zero-order valence-electron chi connectivity index (χ0n) is 7.20. The molecule has 1 unspecified atom stereocenters. The van der Waals surface area contributed by atoms with Gasteiger partial charge in [0.15, 0.2) is 0 Å². The molecule has 0 spiro atoms. The van der Waals surface area contributed by atoms with Crippen LogP contribution >= 0.6 is 15.9 Å². The van der Waals surface area contributed by atoms with Crippen molar-refractivity contribution < 1.29 is 9.90 Å². The molecule has 0 fully saturated rings. The third kappa shape index (κ3) is 3.14. The van der Waals surface area contributed by atoms with Crippen molar-refractivity contribution in [3.63, 3.8) is 0 Å². The average Bonchev–Trinajstić information content (AvgIpc) is 2.04. The molecule has 0 aliphatic carbocycles. The van der Waals surface area contributed by atoms with E-state index in [1.54, 1.807) is 19.3 Å². The molecule has 1 rings (SSSR count). The van der Waals surface area contributed by atoms with E-state index in [1.165, 1.54) is 0 Å². The van der Waals surface area contributed by atoms with E-state index < -0.39 is 5.97 Å². The predicted octanol–water partition coefficient (Wildman–Crippen LogP) is 2.11. The summed E-state index contributed by atoms with van der Waals surface area (Å²) in [5, 5.41) is 8.68. The van der Waals surface area contributed by atoms with Crippen molar-refractivity contribution in [2.45, 2.75) is 13.3 Å². The van der Waals surface area contributed by atoms with Crippen molar-refractivity contribution in [2.24, 2.45) is 5.92 Å². The fraction of sp³-hybridized carbons (Fsp3) is 0.333. The summed E-state index contributed by atoms with van der Waals surface area (Å²) in [6.07, 6.45) is 3.88. The fourth-order valence-electron chi connectivity index (χ4n) is 1.01. The summed E-state index contributed by atoms with van der Waals surface area (Å²) in [7, 11) is 0. The van der Waals surface area contributed by atoms with Gasteiger partial charge in [0, 0.05) is 16.9 Å². The lowest BCUT2D eigenvalue weighted by atomic mass is 10.0. The summed E-state index contributed by atoms with van der Waals surface area (Å²) in [5.74, 6) is -1.14. The molecule has 13 heavy (non-hydrogen) atoms. The number of hydrogen-bond donors (Lipinski definition) is 1. The number of halogens is 1. The zero-order chi connectivity index (χ0) is 9.84. The van der Waals surface area contributed by atoms with Crippen LogP contribution in [-0.2, 0) is 11.2 Å². The van der Waals surface area contributed by atoms with Crippen LogP contribution in [0, 0.1) is 5.92 Å². The minimum atomic E-state index is -0.778. The molecule has 1 heterocycles. The minimum Gasteiger partial charge on any atom is -0.481 e. The molecule has 0 aromatic carbocycles. The number of carbonyl (C=O) groups is 1. The lowest BCUT2D eigenvalue weighted by Crippen LogP contribution is -2.12. The van der Waals surface area contributed by atoms with Gasteiger partial charge in [-0.1, -0.05) is 6.92 Å². The number of nitrogens with zero attached hydrogens (tertiary/aromatic N) is 1. The first-order chi connectivity index (χ1) is 6.09. The Hall–Kier alpha value is -0.900. The number of rotatable bonds is 3. The Labute approximate surface area is 84.9 Å². The summed E-state index contributed by atoms with van der Waals surface area (Å²) in [6, 6.07) is 1.88. The van der Waals surface area contributed by atoms with Gasteiger partial charge in [-0.3, -0.25) is 9.78 Å². The number of carboxylic acids is 1. The van der Waals surface area contributed by atoms with Gasteiger partial charge in [0.1, 0.15) is 0 Å². The topological polar surface area (TPSA) is 50.2 Å². The lowest BCUT2D eigenvalue weighted by molar-refractivity contribution is -0.141. The van der Waals surface area contributed by atoms with E-state index in [4.69, 9.17) is 5.11 Å². The maximum absolute atomic E-state index is 10.6. The van der Waals surface area contributed by atoms with Gasteiger partial charge in [-0.15, -0.1) is 0 Å². The molecular formula is C9H10BrNO2. The maximum atomic E-state index is 10.6. The molecule has 0 saturated heterocycles. The van der Waals surface area contributed by atoms with Crippen LogP contribution in [-0.4, -0.2) is 16.1 Å². The molecule has 0 saturated carbocycles. The highest BCUT2D eigenvalue weighted by Crippen LogP contribution is 2.13. The number of pyridine rings is 1. The molecular weight excluding hydrogens is 234 g/mol. The van der Waals surface area contributed by atoms with Crippen LogP contribution in [0.25, 0.3) is 0 Å². The Kier molecular flexibility index (Phi) is 3.42. The third-order valence-electron chi connectivity index (χ3n) is 1.72. The summed E-state index contributed by atoms with van der Waals surface area (Å²) < 4.78 is 0.877. The lowest BCUT2D eigenvalue weighted by Gasteiger charge is -2.05. The molecule has 1 aromatic heterocycles. The van der Waals surface area contributed by atoms with Gasteiger partial charge in [-0.2, -0.15) is 0 Å². The van der Waals surface area contributed by atoms with E-state index >= 15 is 0 Å². The quantitative estimate of drug-likeness (QED) is 0.885. The van der Waals surface area contributed by atoms with E-state index in [2.05, 4.69) is 20.9 Å². The van der Waals surface area contributed by atoms with Crippen LogP contribution in [0.4, 0.5) is 0 Å². The van der Waals surface area contributed by atoms with Crippen LogP contribution in [0.5, 0.6) is 0 Å². The first-order valence-electron chi connectivity index (χ1n) is 3.92. The molecule has 0 bridgehead atoms. The highest BCUT2D eigenvalue weighted by atomic mass is 79.9. The van der Waals surface area contributed by atoms with Crippen molar-refractivity contribution in [1.82, 2.24) is 4.98 Å². The standard InChI is InChI=1S/C9H10BrNO2/c1-6(9(12)13)2-7-3-8(10)5-11-4-7/h3-6H,2H2,1H3,(H,12,13). The molecule has 0 amide bonds. The Bertz CT molecular complexity index is 314. The summed E-state index contributed by atoms with van der Waals surface area (Å²) in [5.41, 5.74) is 0.935. The number of aromatic nitrogens is 1. The molecule has 0 aliphatic rings. The molecule has 0 aliphatic heterocycles. The molecule has 1 atom stereocenters. The van der Waals surface area contributed by atoms with Crippen molar-refractivity contribution in [3.8, 4) is 0 Å². The number of aliphatic carboxylic acids is 1. The van der Waals surface area contributed by atoms with E-state index in [0.717, 1.165) is 10.0 Å². The van der Waals surface area contributed by atoms with Crippen molar-refractivity contribution in [3.05, 3.63) is 28.5 Å². The second-order valence-electron chi connectivity index (χ2n) is 2.95. The number of hydrogen-bond acceptors (Lipinski definition) is 2. The normalized spacial score (nSPS) is 12.5. The van der Waals surface area contributed by atoms with E-state index in [0.29, 0.717) is 6.42 Å². The second kappa shape index (κ2) is 4.37. The summed E-state index contributed by atoms with van der Waals surface area (Å²) >= 11 is 3.28. The first-order valence-corrected chi connectivity index (χ1v) is 4.71. The van der Waals surface area contributed by atoms with Crippen LogP contribution in [0.1, 0.15) is 12.5 Å². The van der Waals surface area contributed by atoms with Crippen LogP contribution in [0.3, 0.4) is 0 Å². The van der Waals surface area contributed by atoms with Crippen LogP contribution in [0.15, 0.2) is 22.9 Å². The van der Waals surface area contributed by atoms with Gasteiger partial charge in [0.05, 0.1) is 5.92 Å². The van der Waals surface area contributed by atoms with Gasteiger partial charge in [0.25, 0.3) is 0 Å². The van der Waals surface area contributed by atoms with E-state index in [9.17, 15) is 4.79 Å². The van der Waals surface area contributed by atoms with Gasteiger partial charge in [-0.25, -0.2) is 0 Å². The van der Waals surface area contributed by atoms with Crippen LogP contribution < -0.4 is 0 Å². The first kappa shape index (κ1) is 10.2. The molecule has 4 heteroatoms. The monoisotopic (exact) mass is 243 g/mol. The van der Waals surface area contributed by atoms with Crippen LogP contribution in [0.2, 0.25) is 0 Å². The van der Waals surface area contributed by atoms with Gasteiger partial charge < -0.3 is 5.11 Å². The zero-order valence-corrected chi connectivity index (χ0v) is 8.78. The Morgan fingerprint density at radius 2 is 2.38 bits per heavy atom. The highest BCUT2D eigenvalue weighted by Gasteiger charge is 2.11. The Balaban J connectivity index is 2.69. The highest BCUT2D eigenvalue weighted by molar-refractivity contribution is 9.10. The molecule has 1 aromatic rings. The summed E-state index contributed by atoms with van der Waals surface area (Å²) in [4.78, 5) is 14.5. The molecule has 70 valence electrons. The fourth-order valence-corrected chi connectivity index (χ4v) is 1.42. The predicted molar refractivity (Wildman–Crippen MR) is 52.4 cm³/mol. The van der Waals surface area contributed by atoms with E-state index in [-0.39, 0.29) is 5.92 Å². The van der Waals surface area contributed by atoms with Gasteiger partial charge in [-0.05, 0) is 34.0 Å². The third-order valence-corrected chi connectivity index (χ3v) is 2.16. The Morgan fingerprint density at radius 1 is 1.69 bits per heavy atom.